The van der Waals surface area contributed by atoms with Crippen molar-refractivity contribution in [3.63, 3.8) is 0 Å². The first kappa shape index (κ1) is 21.1. The second-order valence-corrected chi connectivity index (χ2v) is 8.80. The molecule has 0 radical (unpaired) electrons. The van der Waals surface area contributed by atoms with Crippen molar-refractivity contribution in [1.29, 1.82) is 0 Å². The number of fused-ring (bicyclic) bond motifs is 1. The van der Waals surface area contributed by atoms with E-state index in [2.05, 4.69) is 37.7 Å². The average molecular weight is 415 g/mol. The van der Waals surface area contributed by atoms with Crippen molar-refractivity contribution in [2.75, 3.05) is 44.7 Å². The van der Waals surface area contributed by atoms with E-state index in [1.165, 1.54) is 6.42 Å². The highest BCUT2D eigenvalue weighted by atomic mass is 16.2. The molecule has 1 saturated carbocycles. The van der Waals surface area contributed by atoms with Crippen LogP contribution in [0.25, 0.3) is 0 Å². The minimum absolute atomic E-state index is 0.0178. The zero-order valence-corrected chi connectivity index (χ0v) is 18.1. The third kappa shape index (κ3) is 4.59. The third-order valence-electron chi connectivity index (χ3n) is 6.89. The van der Waals surface area contributed by atoms with Crippen LogP contribution in [0.5, 0.6) is 0 Å². The van der Waals surface area contributed by atoms with E-state index in [1.54, 1.807) is 19.3 Å². The maximum atomic E-state index is 12.2. The first-order chi connectivity index (χ1) is 14.6. The van der Waals surface area contributed by atoms with Crippen LogP contribution in [0, 0.1) is 5.92 Å². The second kappa shape index (κ2) is 9.31. The van der Waals surface area contributed by atoms with Crippen molar-refractivity contribution in [1.82, 2.24) is 25.8 Å². The Hall–Kier alpha value is -2.19. The molecule has 4 atom stereocenters. The molecule has 2 saturated heterocycles. The number of hydrogen-bond acceptors (Lipinski definition) is 6. The van der Waals surface area contributed by atoms with Crippen LogP contribution < -0.4 is 20.9 Å². The lowest BCUT2D eigenvalue weighted by atomic mass is 9.80. The lowest BCUT2D eigenvalue weighted by molar-refractivity contribution is -0.127. The molecule has 3 fully saturated rings. The molecular formula is C22H34N6O2. The largest absolute Gasteiger partial charge is 0.368 e. The number of amides is 2. The number of carbonyl (C=O) groups excluding carboxylic acids is 2. The molecule has 3 aliphatic rings. The molecule has 4 unspecified atom stereocenters. The topological polar surface area (TPSA) is 89.6 Å². The van der Waals surface area contributed by atoms with E-state index >= 15 is 0 Å². The number of anilines is 1. The molecule has 164 valence electrons. The van der Waals surface area contributed by atoms with Gasteiger partial charge in [0.25, 0.3) is 5.91 Å². The second-order valence-electron chi connectivity index (χ2n) is 8.80. The van der Waals surface area contributed by atoms with Gasteiger partial charge in [0.15, 0.2) is 0 Å². The molecule has 0 spiro atoms. The Kier molecular flexibility index (Phi) is 6.53. The first-order valence-corrected chi connectivity index (χ1v) is 11.3. The quantitative estimate of drug-likeness (QED) is 0.654. The van der Waals surface area contributed by atoms with Gasteiger partial charge in [0.05, 0.1) is 17.9 Å². The van der Waals surface area contributed by atoms with Gasteiger partial charge in [0.2, 0.25) is 5.91 Å². The van der Waals surface area contributed by atoms with Crippen molar-refractivity contribution in [2.45, 2.75) is 50.7 Å². The number of nitrogens with zero attached hydrogens (tertiary/aromatic N) is 3. The van der Waals surface area contributed by atoms with Crippen LogP contribution in [0.2, 0.25) is 0 Å². The highest BCUT2D eigenvalue weighted by molar-refractivity contribution is 5.92. The van der Waals surface area contributed by atoms with Gasteiger partial charge in [0, 0.05) is 51.9 Å². The first-order valence-electron chi connectivity index (χ1n) is 11.3. The Balaban J connectivity index is 1.24. The molecule has 3 N–H and O–H groups in total. The number of pyridine rings is 1. The summed E-state index contributed by atoms with van der Waals surface area (Å²) in [5, 5.41) is 9.42. The fourth-order valence-electron chi connectivity index (χ4n) is 5.09. The lowest BCUT2D eigenvalue weighted by Crippen LogP contribution is -2.65. The molecule has 1 aromatic rings. The monoisotopic (exact) mass is 414 g/mol. The summed E-state index contributed by atoms with van der Waals surface area (Å²) in [6, 6.07) is 4.47. The predicted molar refractivity (Wildman–Crippen MR) is 117 cm³/mol. The van der Waals surface area contributed by atoms with Gasteiger partial charge in [-0.2, -0.15) is 0 Å². The summed E-state index contributed by atoms with van der Waals surface area (Å²) >= 11 is 0. The maximum Gasteiger partial charge on any atom is 0.269 e. The van der Waals surface area contributed by atoms with Crippen molar-refractivity contribution < 1.29 is 9.59 Å². The Morgan fingerprint density at radius 3 is 2.67 bits per heavy atom. The van der Waals surface area contributed by atoms with Gasteiger partial charge in [-0.05, 0) is 43.7 Å². The number of piperazine rings is 2. The number of rotatable bonds is 5. The lowest BCUT2D eigenvalue weighted by Gasteiger charge is -2.44. The van der Waals surface area contributed by atoms with Gasteiger partial charge in [-0.25, -0.2) is 4.98 Å². The highest BCUT2D eigenvalue weighted by Gasteiger charge is 2.38. The van der Waals surface area contributed by atoms with Crippen molar-refractivity contribution in [2.24, 2.45) is 5.92 Å². The van der Waals surface area contributed by atoms with Crippen LogP contribution in [0.1, 0.15) is 43.1 Å². The minimum Gasteiger partial charge on any atom is -0.368 e. The fraction of sp³-hybridized carbons (Fsp3) is 0.682. The zero-order chi connectivity index (χ0) is 21.1. The SMILES string of the molecule is CCC1NC2CCC(CN3CCN(c4ccc(C(=O)NC)nc4)CC3)CC2NC1=O. The smallest absolute Gasteiger partial charge is 0.269 e. The summed E-state index contributed by atoms with van der Waals surface area (Å²) < 4.78 is 0. The summed E-state index contributed by atoms with van der Waals surface area (Å²) in [4.78, 5) is 33.0. The fourth-order valence-corrected chi connectivity index (χ4v) is 5.09. The van der Waals surface area contributed by atoms with Crippen molar-refractivity contribution in [3.05, 3.63) is 24.0 Å². The molecule has 4 rings (SSSR count). The van der Waals surface area contributed by atoms with Crippen LogP contribution in [0.4, 0.5) is 5.69 Å². The summed E-state index contributed by atoms with van der Waals surface area (Å²) in [5.41, 5.74) is 1.52. The van der Waals surface area contributed by atoms with Gasteiger partial charge < -0.3 is 20.9 Å². The van der Waals surface area contributed by atoms with Gasteiger partial charge in [-0.15, -0.1) is 0 Å². The van der Waals surface area contributed by atoms with Crippen molar-refractivity contribution >= 4 is 17.5 Å². The van der Waals surface area contributed by atoms with E-state index in [1.807, 2.05) is 6.07 Å². The molecule has 1 aromatic heterocycles. The van der Waals surface area contributed by atoms with Crippen LogP contribution >= 0.6 is 0 Å². The normalized spacial score (nSPS) is 29.8. The maximum absolute atomic E-state index is 12.2. The predicted octanol–water partition coefficient (Wildman–Crippen LogP) is 0.599. The van der Waals surface area contributed by atoms with Gasteiger partial charge >= 0.3 is 0 Å². The van der Waals surface area contributed by atoms with E-state index in [9.17, 15) is 9.59 Å². The molecule has 8 nitrogen and oxygen atoms in total. The van der Waals surface area contributed by atoms with E-state index in [0.29, 0.717) is 17.7 Å². The van der Waals surface area contributed by atoms with E-state index in [4.69, 9.17) is 0 Å². The number of hydrogen-bond donors (Lipinski definition) is 3. The molecule has 2 aliphatic heterocycles. The van der Waals surface area contributed by atoms with Crippen molar-refractivity contribution in [3.8, 4) is 0 Å². The summed E-state index contributed by atoms with van der Waals surface area (Å²) in [6.45, 7) is 7.17. The molecule has 0 bridgehead atoms. The third-order valence-corrected chi connectivity index (χ3v) is 6.89. The minimum atomic E-state index is -0.157. The van der Waals surface area contributed by atoms with E-state index in [-0.39, 0.29) is 23.9 Å². The van der Waals surface area contributed by atoms with Crippen LogP contribution in [-0.4, -0.2) is 79.6 Å². The summed E-state index contributed by atoms with van der Waals surface area (Å²) in [6.07, 6.45) is 6.10. The molecule has 2 amide bonds. The Morgan fingerprint density at radius 2 is 2.00 bits per heavy atom. The summed E-state index contributed by atoms with van der Waals surface area (Å²) in [5.74, 6) is 0.659. The molecule has 3 heterocycles. The average Bonchev–Trinajstić information content (AvgIpc) is 2.78. The number of carbonyl (C=O) groups is 2. The Bertz CT molecular complexity index is 746. The van der Waals surface area contributed by atoms with Gasteiger partial charge in [0.1, 0.15) is 5.69 Å². The molecule has 1 aliphatic carbocycles. The number of aromatic nitrogens is 1. The molecule has 30 heavy (non-hydrogen) atoms. The highest BCUT2D eigenvalue weighted by Crippen LogP contribution is 2.28. The number of nitrogens with one attached hydrogen (secondary N) is 3. The Labute approximate surface area is 178 Å². The van der Waals surface area contributed by atoms with Gasteiger partial charge in [-0.3, -0.25) is 14.5 Å². The van der Waals surface area contributed by atoms with Gasteiger partial charge in [-0.1, -0.05) is 6.92 Å². The molecular weight excluding hydrogens is 380 g/mol. The van der Waals surface area contributed by atoms with E-state index in [0.717, 1.165) is 57.7 Å². The molecule has 0 aromatic carbocycles. The standard InChI is InChI=1S/C22H34N6O2/c1-3-17-22(30)26-20-12-15(4-6-18(20)25-17)14-27-8-10-28(11-9-27)16-5-7-19(24-13-16)21(29)23-2/h5,7,13,15,17-18,20,25H,3-4,6,8-12,14H2,1-2H3,(H,23,29)(H,26,30). The molecule has 8 heteroatoms. The zero-order valence-electron chi connectivity index (χ0n) is 18.1. The van der Waals surface area contributed by atoms with E-state index < -0.39 is 0 Å². The Morgan fingerprint density at radius 1 is 1.20 bits per heavy atom. The van der Waals surface area contributed by atoms with Crippen LogP contribution in [0.15, 0.2) is 18.3 Å². The van der Waals surface area contributed by atoms with Crippen LogP contribution in [0.3, 0.4) is 0 Å². The summed E-state index contributed by atoms with van der Waals surface area (Å²) in [7, 11) is 1.62. The van der Waals surface area contributed by atoms with Crippen LogP contribution in [-0.2, 0) is 4.79 Å².